The minimum atomic E-state index is -0.0401. The summed E-state index contributed by atoms with van der Waals surface area (Å²) in [6.45, 7) is 5.58. The maximum atomic E-state index is 12.3. The van der Waals surface area contributed by atoms with Gasteiger partial charge in [0, 0.05) is 43.8 Å². The Bertz CT molecular complexity index is 500. The van der Waals surface area contributed by atoms with E-state index in [0.29, 0.717) is 11.0 Å². The molecule has 0 atom stereocenters. The third-order valence-electron chi connectivity index (χ3n) is 4.65. The second-order valence-electron chi connectivity index (χ2n) is 6.25. The van der Waals surface area contributed by atoms with E-state index in [-0.39, 0.29) is 6.03 Å². The van der Waals surface area contributed by atoms with E-state index in [1.165, 1.54) is 43.6 Å². The number of amides is 2. The zero-order valence-corrected chi connectivity index (χ0v) is 14.1. The molecule has 0 aromatic carbocycles. The van der Waals surface area contributed by atoms with Crippen molar-refractivity contribution < 1.29 is 4.79 Å². The van der Waals surface area contributed by atoms with Crippen molar-refractivity contribution in [3.8, 4) is 0 Å². The molecule has 2 aliphatic rings. The summed E-state index contributed by atoms with van der Waals surface area (Å²) in [5, 5.41) is 3.46. The Morgan fingerprint density at radius 2 is 1.95 bits per heavy atom. The first-order chi connectivity index (χ1) is 10.7. The minimum Gasteiger partial charge on any atom is -0.323 e. The predicted octanol–water partition coefficient (Wildman–Crippen LogP) is 2.72. The second kappa shape index (κ2) is 7.37. The topological polar surface area (TPSA) is 61.4 Å². The van der Waals surface area contributed by atoms with Crippen molar-refractivity contribution in [1.82, 2.24) is 19.2 Å². The molecule has 0 unspecified atom stereocenters. The van der Waals surface area contributed by atoms with Gasteiger partial charge in [0.05, 0.1) is 0 Å². The smallest absolute Gasteiger partial charge is 0.323 e. The number of nitrogens with zero attached hydrogens (tertiary/aromatic N) is 4. The second-order valence-corrected chi connectivity index (χ2v) is 7.00. The molecule has 1 N–H and O–H groups in total. The summed E-state index contributed by atoms with van der Waals surface area (Å²) in [6, 6.07) is 0.698. The maximum absolute atomic E-state index is 12.3. The largest absolute Gasteiger partial charge is 0.323 e. The Kier molecular flexibility index (Phi) is 5.25. The molecule has 3 rings (SSSR count). The van der Waals surface area contributed by atoms with E-state index in [9.17, 15) is 4.79 Å². The molecule has 0 spiro atoms. The van der Waals surface area contributed by atoms with Gasteiger partial charge < -0.3 is 4.90 Å². The molecule has 1 saturated carbocycles. The molecule has 2 amide bonds. The minimum absolute atomic E-state index is 0.0401. The Morgan fingerprint density at radius 3 is 2.68 bits per heavy atom. The lowest BCUT2D eigenvalue weighted by atomic mass is 9.94. The fourth-order valence-corrected chi connectivity index (χ4v) is 4.04. The fourth-order valence-electron chi connectivity index (χ4n) is 3.47. The highest BCUT2D eigenvalue weighted by Crippen LogP contribution is 2.23. The highest BCUT2D eigenvalue weighted by atomic mass is 32.1. The molecular weight excluding hydrogens is 298 g/mol. The number of aryl methyl sites for hydroxylation is 1. The first-order valence-corrected chi connectivity index (χ1v) is 9.10. The van der Waals surface area contributed by atoms with Crippen molar-refractivity contribution in [2.45, 2.75) is 51.5 Å². The molecule has 1 aromatic rings. The summed E-state index contributed by atoms with van der Waals surface area (Å²) in [7, 11) is 0. The van der Waals surface area contributed by atoms with Crippen LogP contribution >= 0.6 is 11.5 Å². The monoisotopic (exact) mass is 323 g/mol. The Hall–Kier alpha value is -1.21. The Morgan fingerprint density at radius 1 is 1.14 bits per heavy atom. The van der Waals surface area contributed by atoms with Gasteiger partial charge in [0.15, 0.2) is 0 Å². The van der Waals surface area contributed by atoms with Crippen molar-refractivity contribution in [1.29, 1.82) is 0 Å². The zero-order chi connectivity index (χ0) is 15.4. The van der Waals surface area contributed by atoms with E-state index in [4.69, 9.17) is 0 Å². The van der Waals surface area contributed by atoms with Gasteiger partial charge in [0.1, 0.15) is 5.82 Å². The quantitative estimate of drug-likeness (QED) is 0.909. The zero-order valence-electron chi connectivity index (χ0n) is 13.3. The lowest BCUT2D eigenvalue weighted by Crippen LogP contribution is -2.41. The van der Waals surface area contributed by atoms with Gasteiger partial charge in [0.2, 0.25) is 5.13 Å². The number of rotatable bonds is 2. The molecule has 2 fully saturated rings. The highest BCUT2D eigenvalue weighted by molar-refractivity contribution is 7.09. The molecular formula is C15H25N5OS. The van der Waals surface area contributed by atoms with Gasteiger partial charge in [-0.3, -0.25) is 10.2 Å². The summed E-state index contributed by atoms with van der Waals surface area (Å²) < 4.78 is 4.10. The van der Waals surface area contributed by atoms with E-state index in [1.807, 2.05) is 11.8 Å². The molecule has 1 aliphatic heterocycles. The molecule has 6 nitrogen and oxygen atoms in total. The lowest BCUT2D eigenvalue weighted by molar-refractivity contribution is 0.160. The van der Waals surface area contributed by atoms with Gasteiger partial charge in [-0.15, -0.1) is 0 Å². The Labute approximate surface area is 136 Å². The summed E-state index contributed by atoms with van der Waals surface area (Å²) in [6.07, 6.45) is 7.83. The number of hydrogen-bond acceptors (Lipinski definition) is 5. The normalized spacial score (nSPS) is 21.6. The van der Waals surface area contributed by atoms with Gasteiger partial charge in [0.25, 0.3) is 0 Å². The summed E-state index contributed by atoms with van der Waals surface area (Å²) in [4.78, 5) is 21.1. The molecule has 122 valence electrons. The molecule has 0 radical (unpaired) electrons. The third-order valence-corrected chi connectivity index (χ3v) is 5.37. The van der Waals surface area contributed by atoms with Gasteiger partial charge in [-0.1, -0.05) is 19.3 Å². The SMILES string of the molecule is Cc1nsc(NC(=O)N2CCCN(C3CCCCC3)CC2)n1. The van der Waals surface area contributed by atoms with E-state index in [1.54, 1.807) is 0 Å². The molecule has 22 heavy (non-hydrogen) atoms. The van der Waals surface area contributed by atoms with Crippen LogP contribution in [0.15, 0.2) is 0 Å². The van der Waals surface area contributed by atoms with Crippen LogP contribution in [0.2, 0.25) is 0 Å². The molecule has 2 heterocycles. The van der Waals surface area contributed by atoms with Crippen molar-refractivity contribution in [2.75, 3.05) is 31.5 Å². The summed E-state index contributed by atoms with van der Waals surface area (Å²) >= 11 is 1.24. The average Bonchev–Trinajstić information content (AvgIpc) is 2.80. The van der Waals surface area contributed by atoms with Crippen LogP contribution in [0, 0.1) is 6.92 Å². The van der Waals surface area contributed by atoms with Gasteiger partial charge in [-0.2, -0.15) is 4.37 Å². The number of carbonyl (C=O) groups is 1. The predicted molar refractivity (Wildman–Crippen MR) is 88.3 cm³/mol. The third kappa shape index (κ3) is 3.95. The van der Waals surface area contributed by atoms with Crippen molar-refractivity contribution >= 4 is 22.7 Å². The number of anilines is 1. The van der Waals surface area contributed by atoms with Crippen molar-refractivity contribution in [2.24, 2.45) is 0 Å². The van der Waals surface area contributed by atoms with E-state index >= 15 is 0 Å². The first-order valence-electron chi connectivity index (χ1n) is 8.32. The molecule has 0 bridgehead atoms. The van der Waals surface area contributed by atoms with Crippen LogP contribution in [0.1, 0.15) is 44.3 Å². The molecule has 1 saturated heterocycles. The van der Waals surface area contributed by atoms with Crippen molar-refractivity contribution in [3.63, 3.8) is 0 Å². The summed E-state index contributed by atoms with van der Waals surface area (Å²) in [5.74, 6) is 0.708. The van der Waals surface area contributed by atoms with Crippen LogP contribution in [0.25, 0.3) is 0 Å². The van der Waals surface area contributed by atoms with Gasteiger partial charge >= 0.3 is 6.03 Å². The molecule has 7 heteroatoms. The summed E-state index contributed by atoms with van der Waals surface area (Å²) in [5.41, 5.74) is 0. The van der Waals surface area contributed by atoms with Crippen LogP contribution in [0.5, 0.6) is 0 Å². The van der Waals surface area contributed by atoms with E-state index < -0.39 is 0 Å². The van der Waals surface area contributed by atoms with Crippen LogP contribution < -0.4 is 5.32 Å². The number of urea groups is 1. The van der Waals surface area contributed by atoms with E-state index in [0.717, 1.165) is 38.6 Å². The average molecular weight is 323 g/mol. The number of hydrogen-bond donors (Lipinski definition) is 1. The van der Waals surface area contributed by atoms with Gasteiger partial charge in [-0.05, 0) is 26.2 Å². The van der Waals surface area contributed by atoms with E-state index in [2.05, 4.69) is 19.6 Å². The highest BCUT2D eigenvalue weighted by Gasteiger charge is 2.25. The number of nitrogens with one attached hydrogen (secondary N) is 1. The first kappa shape index (κ1) is 15.7. The van der Waals surface area contributed by atoms with Crippen LogP contribution in [-0.4, -0.2) is 57.4 Å². The number of carbonyl (C=O) groups excluding carboxylic acids is 1. The van der Waals surface area contributed by atoms with Crippen LogP contribution in [0.3, 0.4) is 0 Å². The van der Waals surface area contributed by atoms with Crippen molar-refractivity contribution in [3.05, 3.63) is 5.82 Å². The van der Waals surface area contributed by atoms with Crippen LogP contribution in [-0.2, 0) is 0 Å². The number of aromatic nitrogens is 2. The molecule has 1 aliphatic carbocycles. The maximum Gasteiger partial charge on any atom is 0.323 e. The van der Waals surface area contributed by atoms with Crippen LogP contribution in [0.4, 0.5) is 9.93 Å². The Balaban J connectivity index is 1.52. The fraction of sp³-hybridized carbons (Fsp3) is 0.800. The molecule has 1 aromatic heterocycles. The van der Waals surface area contributed by atoms with Gasteiger partial charge in [-0.25, -0.2) is 9.78 Å². The standard InChI is InChI=1S/C15H25N5OS/c1-12-16-14(22-18-12)17-15(21)20-9-5-8-19(10-11-20)13-6-3-2-4-7-13/h13H,2-11H2,1H3,(H,16,17,18,21). The lowest BCUT2D eigenvalue weighted by Gasteiger charge is -2.33.